The molecule has 4 nitrogen and oxygen atoms in total. The van der Waals surface area contributed by atoms with Gasteiger partial charge in [-0.1, -0.05) is 13.3 Å². The van der Waals surface area contributed by atoms with Gasteiger partial charge in [0.2, 0.25) is 5.91 Å². The summed E-state index contributed by atoms with van der Waals surface area (Å²) in [6.45, 7) is 2.70. The summed E-state index contributed by atoms with van der Waals surface area (Å²) >= 11 is 0. The predicted octanol–water partition coefficient (Wildman–Crippen LogP) is -0.517. The number of aliphatic hydroxyl groups excluding tert-OH is 1. The van der Waals surface area contributed by atoms with Crippen LogP contribution in [0.5, 0.6) is 0 Å². The summed E-state index contributed by atoms with van der Waals surface area (Å²) in [6, 6.07) is -0.457. The van der Waals surface area contributed by atoms with Crippen molar-refractivity contribution in [3.05, 3.63) is 0 Å². The molecule has 3 N–H and O–H groups in total. The number of rotatable bonds is 6. The monoisotopic (exact) mass is 174 g/mol. The summed E-state index contributed by atoms with van der Waals surface area (Å²) in [5, 5.41) is 14.2. The number of unbranched alkanes of at least 4 members (excludes halogenated alkanes) is 1. The van der Waals surface area contributed by atoms with Crippen LogP contribution in [0, 0.1) is 0 Å². The van der Waals surface area contributed by atoms with Gasteiger partial charge in [-0.3, -0.25) is 4.79 Å². The summed E-state index contributed by atoms with van der Waals surface area (Å²) in [6.07, 6.45) is 2.10. The highest BCUT2D eigenvalue weighted by Crippen LogP contribution is 1.86. The maximum atomic E-state index is 11.0. The number of nitrogens with one attached hydrogen (secondary N) is 2. The van der Waals surface area contributed by atoms with E-state index in [0.29, 0.717) is 0 Å². The maximum Gasteiger partial charge on any atom is 0.239 e. The molecule has 0 aromatic heterocycles. The van der Waals surface area contributed by atoms with E-state index in [1.807, 2.05) is 0 Å². The lowest BCUT2D eigenvalue weighted by Crippen LogP contribution is -2.45. The average molecular weight is 174 g/mol. The molecule has 0 aromatic carbocycles. The lowest BCUT2D eigenvalue weighted by molar-refractivity contribution is -0.123. The van der Waals surface area contributed by atoms with Crippen LogP contribution in [0.25, 0.3) is 0 Å². The summed E-state index contributed by atoms with van der Waals surface area (Å²) in [7, 11) is 1.56. The minimum Gasteiger partial charge on any atom is -0.394 e. The molecule has 0 heterocycles. The fourth-order valence-electron chi connectivity index (χ4n) is 0.867. The number of hydrogen-bond acceptors (Lipinski definition) is 3. The van der Waals surface area contributed by atoms with Crippen molar-refractivity contribution in [1.29, 1.82) is 0 Å². The van der Waals surface area contributed by atoms with Crippen LogP contribution < -0.4 is 10.6 Å². The van der Waals surface area contributed by atoms with Crippen molar-refractivity contribution in [3.8, 4) is 0 Å². The van der Waals surface area contributed by atoms with E-state index in [4.69, 9.17) is 5.11 Å². The quantitative estimate of drug-likeness (QED) is 0.475. The zero-order valence-corrected chi connectivity index (χ0v) is 7.76. The van der Waals surface area contributed by atoms with Gasteiger partial charge in [0.15, 0.2) is 0 Å². The first-order valence-electron chi connectivity index (χ1n) is 4.32. The topological polar surface area (TPSA) is 61.4 Å². The van der Waals surface area contributed by atoms with Crippen LogP contribution in [-0.2, 0) is 4.79 Å². The second kappa shape index (κ2) is 7.06. The summed E-state index contributed by atoms with van der Waals surface area (Å²) < 4.78 is 0. The van der Waals surface area contributed by atoms with E-state index >= 15 is 0 Å². The van der Waals surface area contributed by atoms with E-state index < -0.39 is 6.04 Å². The van der Waals surface area contributed by atoms with Crippen LogP contribution in [0.4, 0.5) is 0 Å². The van der Waals surface area contributed by atoms with Gasteiger partial charge in [0.1, 0.15) is 6.04 Å². The van der Waals surface area contributed by atoms with E-state index in [0.717, 1.165) is 19.4 Å². The highest BCUT2D eigenvalue weighted by atomic mass is 16.3. The predicted molar refractivity (Wildman–Crippen MR) is 47.9 cm³/mol. The number of carbonyl (C=O) groups excluding carboxylic acids is 1. The average Bonchev–Trinajstić information content (AvgIpc) is 2.11. The number of hydrogen-bond donors (Lipinski definition) is 3. The number of aliphatic hydroxyl groups is 1. The molecule has 0 aliphatic heterocycles. The molecule has 0 saturated heterocycles. The van der Waals surface area contributed by atoms with Crippen LogP contribution in [0.3, 0.4) is 0 Å². The largest absolute Gasteiger partial charge is 0.394 e. The van der Waals surface area contributed by atoms with E-state index in [2.05, 4.69) is 17.6 Å². The third-order valence-corrected chi connectivity index (χ3v) is 1.67. The van der Waals surface area contributed by atoms with Gasteiger partial charge >= 0.3 is 0 Å². The van der Waals surface area contributed by atoms with Crippen molar-refractivity contribution in [2.75, 3.05) is 20.2 Å². The van der Waals surface area contributed by atoms with E-state index in [-0.39, 0.29) is 12.5 Å². The summed E-state index contributed by atoms with van der Waals surface area (Å²) in [5.41, 5.74) is 0. The molecule has 0 aromatic rings. The van der Waals surface area contributed by atoms with E-state index in [9.17, 15) is 4.79 Å². The molecule has 1 atom stereocenters. The second-order valence-electron chi connectivity index (χ2n) is 2.66. The van der Waals surface area contributed by atoms with Gasteiger partial charge in [-0.25, -0.2) is 0 Å². The molecule has 72 valence electrons. The Morgan fingerprint density at radius 2 is 2.25 bits per heavy atom. The van der Waals surface area contributed by atoms with Gasteiger partial charge in [0.25, 0.3) is 0 Å². The Kier molecular flexibility index (Phi) is 6.70. The van der Waals surface area contributed by atoms with Gasteiger partial charge in [0.05, 0.1) is 6.61 Å². The molecular weight excluding hydrogens is 156 g/mol. The Morgan fingerprint density at radius 1 is 1.58 bits per heavy atom. The number of amides is 1. The number of carbonyl (C=O) groups is 1. The first kappa shape index (κ1) is 11.4. The van der Waals surface area contributed by atoms with Crippen molar-refractivity contribution in [2.45, 2.75) is 25.8 Å². The van der Waals surface area contributed by atoms with Crippen molar-refractivity contribution < 1.29 is 9.90 Å². The smallest absolute Gasteiger partial charge is 0.239 e. The fourth-order valence-corrected chi connectivity index (χ4v) is 0.867. The molecule has 0 rings (SSSR count). The minimum absolute atomic E-state index is 0.149. The molecule has 0 fully saturated rings. The molecule has 0 saturated carbocycles. The third kappa shape index (κ3) is 4.31. The molecule has 1 unspecified atom stereocenters. The maximum absolute atomic E-state index is 11.0. The SMILES string of the molecule is CCCCNC(CO)C(=O)NC. The van der Waals surface area contributed by atoms with Crippen molar-refractivity contribution >= 4 is 5.91 Å². The molecule has 1 amide bonds. The zero-order chi connectivity index (χ0) is 9.40. The molecule has 0 aliphatic rings. The van der Waals surface area contributed by atoms with E-state index in [1.165, 1.54) is 0 Å². The van der Waals surface area contributed by atoms with Gasteiger partial charge in [-0.05, 0) is 13.0 Å². The molecule has 0 bridgehead atoms. The Labute approximate surface area is 73.3 Å². The van der Waals surface area contributed by atoms with Gasteiger partial charge in [-0.15, -0.1) is 0 Å². The van der Waals surface area contributed by atoms with Crippen LogP contribution in [0.2, 0.25) is 0 Å². The van der Waals surface area contributed by atoms with Gasteiger partial charge < -0.3 is 15.7 Å². The third-order valence-electron chi connectivity index (χ3n) is 1.67. The molecule has 0 spiro atoms. The molecule has 0 aliphatic carbocycles. The standard InChI is InChI=1S/C8H18N2O2/c1-3-4-5-10-7(6-11)8(12)9-2/h7,10-11H,3-6H2,1-2H3,(H,9,12). The summed E-state index contributed by atoms with van der Waals surface area (Å²) in [4.78, 5) is 11.0. The van der Waals surface area contributed by atoms with Crippen molar-refractivity contribution in [2.24, 2.45) is 0 Å². The summed E-state index contributed by atoms with van der Waals surface area (Å²) in [5.74, 6) is -0.159. The lowest BCUT2D eigenvalue weighted by atomic mass is 10.2. The molecule has 12 heavy (non-hydrogen) atoms. The van der Waals surface area contributed by atoms with Crippen molar-refractivity contribution in [1.82, 2.24) is 10.6 Å². The van der Waals surface area contributed by atoms with Gasteiger partial charge in [-0.2, -0.15) is 0 Å². The molecule has 4 heteroatoms. The Balaban J connectivity index is 3.60. The first-order chi connectivity index (χ1) is 5.76. The second-order valence-corrected chi connectivity index (χ2v) is 2.66. The lowest BCUT2D eigenvalue weighted by Gasteiger charge is -2.13. The Morgan fingerprint density at radius 3 is 2.67 bits per heavy atom. The van der Waals surface area contributed by atoms with Crippen LogP contribution in [0.15, 0.2) is 0 Å². The zero-order valence-electron chi connectivity index (χ0n) is 7.76. The highest BCUT2D eigenvalue weighted by molar-refractivity contribution is 5.81. The Bertz CT molecular complexity index is 128. The van der Waals surface area contributed by atoms with Crippen molar-refractivity contribution in [3.63, 3.8) is 0 Å². The van der Waals surface area contributed by atoms with Crippen LogP contribution in [0.1, 0.15) is 19.8 Å². The first-order valence-corrected chi connectivity index (χ1v) is 4.32. The normalized spacial score (nSPS) is 12.6. The Hall–Kier alpha value is -0.610. The number of likely N-dealkylation sites (N-methyl/N-ethyl adjacent to an activating group) is 1. The van der Waals surface area contributed by atoms with Gasteiger partial charge in [0, 0.05) is 7.05 Å². The van der Waals surface area contributed by atoms with Crippen LogP contribution in [-0.4, -0.2) is 37.3 Å². The van der Waals surface area contributed by atoms with E-state index in [1.54, 1.807) is 7.05 Å². The minimum atomic E-state index is -0.457. The van der Waals surface area contributed by atoms with Crippen LogP contribution >= 0.6 is 0 Å². The molecular formula is C8H18N2O2. The highest BCUT2D eigenvalue weighted by Gasteiger charge is 2.13. The molecule has 0 radical (unpaired) electrons. The fraction of sp³-hybridized carbons (Fsp3) is 0.875.